The van der Waals surface area contributed by atoms with Crippen molar-refractivity contribution in [3.05, 3.63) is 29.3 Å². The van der Waals surface area contributed by atoms with Gasteiger partial charge in [0.05, 0.1) is 0 Å². The summed E-state index contributed by atoms with van der Waals surface area (Å²) in [5.41, 5.74) is 7.23. The number of nitrogens with zero attached hydrogens (tertiary/aromatic N) is 1. The van der Waals surface area contributed by atoms with Crippen molar-refractivity contribution in [3.63, 3.8) is 0 Å². The van der Waals surface area contributed by atoms with Crippen LogP contribution in [0, 0.1) is 6.92 Å². The molecule has 0 radical (unpaired) electrons. The number of benzene rings is 1. The Labute approximate surface area is 101 Å². The van der Waals surface area contributed by atoms with E-state index >= 15 is 0 Å². The van der Waals surface area contributed by atoms with Gasteiger partial charge in [-0.25, -0.2) is 0 Å². The molecule has 0 unspecified atom stereocenters. The van der Waals surface area contributed by atoms with Crippen LogP contribution in [0.4, 0.5) is 5.69 Å². The molecule has 17 heavy (non-hydrogen) atoms. The van der Waals surface area contributed by atoms with Crippen LogP contribution in [0.2, 0.25) is 0 Å². The molecule has 0 spiro atoms. The lowest BCUT2D eigenvalue weighted by Gasteiger charge is -2.27. The fourth-order valence-electron chi connectivity index (χ4n) is 1.96. The van der Waals surface area contributed by atoms with Crippen LogP contribution in [0.5, 0.6) is 0 Å². The van der Waals surface area contributed by atoms with Crippen LogP contribution in [0.15, 0.2) is 18.2 Å². The van der Waals surface area contributed by atoms with Crippen molar-refractivity contribution in [1.82, 2.24) is 0 Å². The highest BCUT2D eigenvalue weighted by atomic mass is 16.2. The lowest BCUT2D eigenvalue weighted by molar-refractivity contribution is -0.116. The first-order chi connectivity index (χ1) is 7.86. The van der Waals surface area contributed by atoms with Crippen LogP contribution in [0.3, 0.4) is 0 Å². The highest BCUT2D eigenvalue weighted by molar-refractivity contribution is 5.99. The molecular formula is C13H18N2O2. The molecule has 1 rings (SSSR count). The van der Waals surface area contributed by atoms with E-state index < -0.39 is 5.91 Å². The second-order valence-electron chi connectivity index (χ2n) is 4.30. The molecule has 1 aromatic carbocycles. The Kier molecular flexibility index (Phi) is 3.89. The molecule has 0 saturated carbocycles. The van der Waals surface area contributed by atoms with Crippen LogP contribution in [0.1, 0.15) is 36.7 Å². The average molecular weight is 234 g/mol. The van der Waals surface area contributed by atoms with Gasteiger partial charge in [-0.1, -0.05) is 6.07 Å². The van der Waals surface area contributed by atoms with E-state index in [1.807, 2.05) is 19.9 Å². The smallest absolute Gasteiger partial charge is 0.249 e. The summed E-state index contributed by atoms with van der Waals surface area (Å²) in [6.07, 6.45) is 0. The largest absolute Gasteiger partial charge is 0.366 e. The van der Waals surface area contributed by atoms with Gasteiger partial charge < -0.3 is 10.6 Å². The molecule has 92 valence electrons. The standard InChI is InChI=1S/C13H18N2O2/c1-8(2)15(10(4)16)12-7-5-6-11(9(12)3)13(14)17/h5-8H,1-4H3,(H2,14,17). The van der Waals surface area contributed by atoms with Crippen LogP contribution in [-0.4, -0.2) is 17.9 Å². The van der Waals surface area contributed by atoms with Crippen molar-refractivity contribution in [3.8, 4) is 0 Å². The number of amides is 2. The maximum absolute atomic E-state index is 11.6. The summed E-state index contributed by atoms with van der Waals surface area (Å²) in [5.74, 6) is -0.527. The third kappa shape index (κ3) is 2.64. The predicted molar refractivity (Wildman–Crippen MR) is 68.0 cm³/mol. The minimum Gasteiger partial charge on any atom is -0.366 e. The van der Waals surface area contributed by atoms with Gasteiger partial charge in [0, 0.05) is 24.2 Å². The molecule has 0 aromatic heterocycles. The Morgan fingerprint density at radius 1 is 1.29 bits per heavy atom. The Hall–Kier alpha value is -1.84. The van der Waals surface area contributed by atoms with Crippen LogP contribution in [-0.2, 0) is 4.79 Å². The molecule has 0 bridgehead atoms. The van der Waals surface area contributed by atoms with E-state index in [4.69, 9.17) is 5.73 Å². The van der Waals surface area contributed by atoms with Crippen molar-refractivity contribution in [2.45, 2.75) is 33.7 Å². The fraction of sp³-hybridized carbons (Fsp3) is 0.385. The van der Waals surface area contributed by atoms with E-state index in [2.05, 4.69) is 0 Å². The maximum atomic E-state index is 11.6. The molecule has 0 aliphatic carbocycles. The summed E-state index contributed by atoms with van der Waals surface area (Å²) in [6.45, 7) is 7.17. The zero-order chi connectivity index (χ0) is 13.2. The van der Waals surface area contributed by atoms with Gasteiger partial charge in [0.25, 0.3) is 0 Å². The lowest BCUT2D eigenvalue weighted by Crippen LogP contribution is -2.36. The van der Waals surface area contributed by atoms with Gasteiger partial charge >= 0.3 is 0 Å². The van der Waals surface area contributed by atoms with Crippen molar-refractivity contribution in [2.75, 3.05) is 4.90 Å². The van der Waals surface area contributed by atoms with E-state index in [0.717, 1.165) is 11.3 Å². The molecular weight excluding hydrogens is 216 g/mol. The zero-order valence-electron chi connectivity index (χ0n) is 10.7. The second-order valence-corrected chi connectivity index (χ2v) is 4.30. The Morgan fingerprint density at radius 2 is 1.88 bits per heavy atom. The Balaban J connectivity index is 3.35. The van der Waals surface area contributed by atoms with Gasteiger partial charge in [0.2, 0.25) is 11.8 Å². The quantitative estimate of drug-likeness (QED) is 0.867. The fourth-order valence-corrected chi connectivity index (χ4v) is 1.96. The van der Waals surface area contributed by atoms with Crippen LogP contribution < -0.4 is 10.6 Å². The first-order valence-corrected chi connectivity index (χ1v) is 5.55. The van der Waals surface area contributed by atoms with Crippen molar-refractivity contribution < 1.29 is 9.59 Å². The molecule has 4 heteroatoms. The topological polar surface area (TPSA) is 63.4 Å². The summed E-state index contributed by atoms with van der Waals surface area (Å²) in [7, 11) is 0. The summed E-state index contributed by atoms with van der Waals surface area (Å²) < 4.78 is 0. The molecule has 0 fully saturated rings. The number of carbonyl (C=O) groups excluding carboxylic acids is 2. The number of nitrogens with two attached hydrogens (primary N) is 1. The number of rotatable bonds is 3. The van der Waals surface area contributed by atoms with E-state index in [0.29, 0.717) is 5.56 Å². The van der Waals surface area contributed by atoms with E-state index in [1.54, 1.807) is 24.0 Å². The zero-order valence-corrected chi connectivity index (χ0v) is 10.7. The average Bonchev–Trinajstić information content (AvgIpc) is 2.19. The molecule has 0 saturated heterocycles. The number of primary amides is 1. The van der Waals surface area contributed by atoms with E-state index in [-0.39, 0.29) is 11.9 Å². The Morgan fingerprint density at radius 3 is 2.29 bits per heavy atom. The number of carbonyl (C=O) groups is 2. The lowest BCUT2D eigenvalue weighted by atomic mass is 10.0. The molecule has 0 atom stereocenters. The Bertz CT molecular complexity index is 453. The summed E-state index contributed by atoms with van der Waals surface area (Å²) >= 11 is 0. The summed E-state index contributed by atoms with van der Waals surface area (Å²) in [6, 6.07) is 5.26. The van der Waals surface area contributed by atoms with Gasteiger partial charge in [-0.05, 0) is 38.5 Å². The van der Waals surface area contributed by atoms with Crippen molar-refractivity contribution in [2.24, 2.45) is 5.73 Å². The number of anilines is 1. The normalized spacial score (nSPS) is 10.4. The molecule has 2 N–H and O–H groups in total. The van der Waals surface area contributed by atoms with E-state index in [9.17, 15) is 9.59 Å². The molecule has 0 heterocycles. The minimum absolute atomic E-state index is 0.0364. The third-order valence-corrected chi connectivity index (χ3v) is 2.69. The molecule has 2 amide bonds. The molecule has 1 aromatic rings. The first kappa shape index (κ1) is 13.2. The van der Waals surface area contributed by atoms with Gasteiger partial charge in [0.15, 0.2) is 0 Å². The monoisotopic (exact) mass is 234 g/mol. The number of hydrogen-bond acceptors (Lipinski definition) is 2. The van der Waals surface area contributed by atoms with Crippen LogP contribution >= 0.6 is 0 Å². The highest BCUT2D eigenvalue weighted by Gasteiger charge is 2.19. The SMILES string of the molecule is CC(=O)N(c1cccc(C(N)=O)c1C)C(C)C. The molecule has 0 aliphatic rings. The van der Waals surface area contributed by atoms with Crippen molar-refractivity contribution in [1.29, 1.82) is 0 Å². The molecule has 0 aliphatic heterocycles. The third-order valence-electron chi connectivity index (χ3n) is 2.69. The van der Waals surface area contributed by atoms with Gasteiger partial charge in [0.1, 0.15) is 0 Å². The minimum atomic E-state index is -0.475. The predicted octanol–water partition coefficient (Wildman–Crippen LogP) is 1.86. The first-order valence-electron chi connectivity index (χ1n) is 5.55. The number of hydrogen-bond donors (Lipinski definition) is 1. The van der Waals surface area contributed by atoms with Crippen molar-refractivity contribution >= 4 is 17.5 Å². The highest BCUT2D eigenvalue weighted by Crippen LogP contribution is 2.25. The van der Waals surface area contributed by atoms with Gasteiger partial charge in [-0.2, -0.15) is 0 Å². The molecule has 4 nitrogen and oxygen atoms in total. The van der Waals surface area contributed by atoms with E-state index in [1.165, 1.54) is 6.92 Å². The maximum Gasteiger partial charge on any atom is 0.249 e. The van der Waals surface area contributed by atoms with Gasteiger partial charge in [-0.15, -0.1) is 0 Å². The van der Waals surface area contributed by atoms with Crippen LogP contribution in [0.25, 0.3) is 0 Å². The second kappa shape index (κ2) is 4.99. The summed E-state index contributed by atoms with van der Waals surface area (Å²) in [4.78, 5) is 24.5. The van der Waals surface area contributed by atoms with Gasteiger partial charge in [-0.3, -0.25) is 9.59 Å². The summed E-state index contributed by atoms with van der Waals surface area (Å²) in [5, 5.41) is 0.